The second kappa shape index (κ2) is 6.80. The number of piperidine rings is 1. The Balaban J connectivity index is 2.15. The molecule has 1 heterocycles. The van der Waals surface area contributed by atoms with Crippen molar-refractivity contribution in [2.24, 2.45) is 0 Å². The zero-order chi connectivity index (χ0) is 11.1. The highest BCUT2D eigenvalue weighted by atomic mass is 16.5. The van der Waals surface area contributed by atoms with Gasteiger partial charge in [-0.05, 0) is 12.8 Å². The van der Waals surface area contributed by atoms with E-state index >= 15 is 0 Å². The molecule has 1 aliphatic heterocycles. The van der Waals surface area contributed by atoms with Gasteiger partial charge in [-0.3, -0.25) is 4.79 Å². The number of amides is 1. The van der Waals surface area contributed by atoms with Crippen LogP contribution in [-0.2, 0) is 9.53 Å². The second-order valence-electron chi connectivity index (χ2n) is 4.03. The maximum atomic E-state index is 11.2. The fourth-order valence-corrected chi connectivity index (χ4v) is 1.85. The Bertz CT molecular complexity index is 189. The molecule has 4 heteroatoms. The Morgan fingerprint density at radius 2 is 2.13 bits per heavy atom. The fraction of sp³-hybridized carbons (Fsp3) is 0.909. The number of carbonyl (C=O) groups excluding carboxylic acids is 1. The van der Waals surface area contributed by atoms with Crippen LogP contribution in [-0.4, -0.2) is 50.2 Å². The molecule has 4 nitrogen and oxygen atoms in total. The van der Waals surface area contributed by atoms with Crippen LogP contribution >= 0.6 is 0 Å². The lowest BCUT2D eigenvalue weighted by molar-refractivity contribution is -0.121. The number of carbonyl (C=O) groups is 1. The van der Waals surface area contributed by atoms with Gasteiger partial charge in [0.05, 0.1) is 6.61 Å². The molecule has 0 aromatic rings. The molecular weight excluding hydrogens is 192 g/mol. The Morgan fingerprint density at radius 3 is 2.67 bits per heavy atom. The fourth-order valence-electron chi connectivity index (χ4n) is 1.85. The monoisotopic (exact) mass is 214 g/mol. The third-order valence-corrected chi connectivity index (χ3v) is 2.89. The van der Waals surface area contributed by atoms with E-state index < -0.39 is 0 Å². The first-order chi connectivity index (χ1) is 7.26. The van der Waals surface area contributed by atoms with E-state index in [0.717, 1.165) is 39.1 Å². The van der Waals surface area contributed by atoms with Gasteiger partial charge in [0.25, 0.3) is 0 Å². The van der Waals surface area contributed by atoms with Gasteiger partial charge >= 0.3 is 0 Å². The van der Waals surface area contributed by atoms with Crippen LogP contribution in [0.3, 0.4) is 0 Å². The Hall–Kier alpha value is -0.610. The van der Waals surface area contributed by atoms with Crippen LogP contribution in [0.1, 0.15) is 26.2 Å². The SMILES string of the molecule is CCC(=O)NC1CCN(CCOC)CC1. The van der Waals surface area contributed by atoms with Gasteiger partial charge in [0.2, 0.25) is 5.91 Å². The average molecular weight is 214 g/mol. The van der Waals surface area contributed by atoms with E-state index in [1.807, 2.05) is 6.92 Å². The van der Waals surface area contributed by atoms with Crippen LogP contribution in [0.5, 0.6) is 0 Å². The molecule has 0 aliphatic carbocycles. The number of hydrogen-bond acceptors (Lipinski definition) is 3. The van der Waals surface area contributed by atoms with Crippen LogP contribution in [0.4, 0.5) is 0 Å². The second-order valence-corrected chi connectivity index (χ2v) is 4.03. The lowest BCUT2D eigenvalue weighted by Crippen LogP contribution is -2.45. The summed E-state index contributed by atoms with van der Waals surface area (Å²) in [6.07, 6.45) is 2.72. The van der Waals surface area contributed by atoms with Crippen molar-refractivity contribution < 1.29 is 9.53 Å². The molecule has 0 bridgehead atoms. The van der Waals surface area contributed by atoms with Crippen molar-refractivity contribution in [3.05, 3.63) is 0 Å². The molecule has 88 valence electrons. The Kier molecular flexibility index (Phi) is 5.65. The van der Waals surface area contributed by atoms with E-state index in [1.54, 1.807) is 7.11 Å². The first-order valence-electron chi connectivity index (χ1n) is 5.77. The topological polar surface area (TPSA) is 41.6 Å². The van der Waals surface area contributed by atoms with Crippen molar-refractivity contribution in [3.63, 3.8) is 0 Å². The van der Waals surface area contributed by atoms with Gasteiger partial charge in [-0.1, -0.05) is 6.92 Å². The third-order valence-electron chi connectivity index (χ3n) is 2.89. The zero-order valence-electron chi connectivity index (χ0n) is 9.79. The van der Waals surface area contributed by atoms with Crippen molar-refractivity contribution in [1.29, 1.82) is 0 Å². The number of rotatable bonds is 5. The van der Waals surface area contributed by atoms with Crippen LogP contribution in [0.15, 0.2) is 0 Å². The van der Waals surface area contributed by atoms with E-state index in [-0.39, 0.29) is 5.91 Å². The van der Waals surface area contributed by atoms with Gasteiger partial charge in [-0.25, -0.2) is 0 Å². The van der Waals surface area contributed by atoms with Crippen molar-refractivity contribution in [2.45, 2.75) is 32.2 Å². The van der Waals surface area contributed by atoms with Gasteiger partial charge in [-0.15, -0.1) is 0 Å². The molecule has 0 spiro atoms. The van der Waals surface area contributed by atoms with E-state index in [4.69, 9.17) is 4.74 Å². The third kappa shape index (κ3) is 4.62. The summed E-state index contributed by atoms with van der Waals surface area (Å²) in [5, 5.41) is 3.05. The summed E-state index contributed by atoms with van der Waals surface area (Å²) >= 11 is 0. The average Bonchev–Trinajstić information content (AvgIpc) is 2.28. The molecule has 1 saturated heterocycles. The molecule has 15 heavy (non-hydrogen) atoms. The maximum Gasteiger partial charge on any atom is 0.219 e. The van der Waals surface area contributed by atoms with Crippen molar-refractivity contribution >= 4 is 5.91 Å². The lowest BCUT2D eigenvalue weighted by Gasteiger charge is -2.32. The summed E-state index contributed by atoms with van der Waals surface area (Å²) in [7, 11) is 1.73. The molecular formula is C11H22N2O2. The molecule has 0 saturated carbocycles. The molecule has 1 rings (SSSR count). The lowest BCUT2D eigenvalue weighted by atomic mass is 10.1. The summed E-state index contributed by atoms with van der Waals surface area (Å²) in [4.78, 5) is 13.6. The first-order valence-corrected chi connectivity index (χ1v) is 5.77. The van der Waals surface area contributed by atoms with Gasteiger partial charge < -0.3 is 15.0 Å². The van der Waals surface area contributed by atoms with E-state index in [0.29, 0.717) is 12.5 Å². The number of nitrogens with one attached hydrogen (secondary N) is 1. The molecule has 1 N–H and O–H groups in total. The van der Waals surface area contributed by atoms with E-state index in [2.05, 4.69) is 10.2 Å². The number of nitrogens with zero attached hydrogens (tertiary/aromatic N) is 1. The summed E-state index contributed by atoms with van der Waals surface area (Å²) in [6, 6.07) is 0.385. The molecule has 0 unspecified atom stereocenters. The molecule has 0 atom stereocenters. The molecule has 1 aliphatic rings. The highest BCUT2D eigenvalue weighted by Gasteiger charge is 2.19. The molecule has 0 aromatic heterocycles. The van der Waals surface area contributed by atoms with Gasteiger partial charge in [0, 0.05) is 39.2 Å². The normalized spacial score (nSPS) is 19.1. The van der Waals surface area contributed by atoms with Crippen LogP contribution < -0.4 is 5.32 Å². The quantitative estimate of drug-likeness (QED) is 0.729. The maximum absolute atomic E-state index is 11.2. The Morgan fingerprint density at radius 1 is 1.47 bits per heavy atom. The van der Waals surface area contributed by atoms with Crippen molar-refractivity contribution in [2.75, 3.05) is 33.4 Å². The Labute approximate surface area is 92.0 Å². The summed E-state index contributed by atoms with van der Waals surface area (Å²) < 4.78 is 5.04. The van der Waals surface area contributed by atoms with Crippen LogP contribution in [0, 0.1) is 0 Å². The number of ether oxygens (including phenoxy) is 1. The predicted octanol–water partition coefficient (Wildman–Crippen LogP) is 0.623. The molecule has 0 radical (unpaired) electrons. The summed E-state index contributed by atoms with van der Waals surface area (Å²) in [5.41, 5.74) is 0. The number of methoxy groups -OCH3 is 1. The highest BCUT2D eigenvalue weighted by Crippen LogP contribution is 2.09. The zero-order valence-corrected chi connectivity index (χ0v) is 9.79. The first kappa shape index (κ1) is 12.5. The minimum atomic E-state index is 0.172. The minimum Gasteiger partial charge on any atom is -0.383 e. The molecule has 1 fully saturated rings. The van der Waals surface area contributed by atoms with Crippen LogP contribution in [0.25, 0.3) is 0 Å². The minimum absolute atomic E-state index is 0.172. The molecule has 0 aromatic carbocycles. The predicted molar refractivity (Wildman–Crippen MR) is 59.8 cm³/mol. The van der Waals surface area contributed by atoms with Gasteiger partial charge in [0.1, 0.15) is 0 Å². The van der Waals surface area contributed by atoms with Crippen molar-refractivity contribution in [1.82, 2.24) is 10.2 Å². The van der Waals surface area contributed by atoms with E-state index in [1.165, 1.54) is 0 Å². The number of likely N-dealkylation sites (tertiary alicyclic amines) is 1. The molecule has 1 amide bonds. The largest absolute Gasteiger partial charge is 0.383 e. The summed E-state index contributed by atoms with van der Waals surface area (Å²) in [6.45, 7) is 5.83. The van der Waals surface area contributed by atoms with Gasteiger partial charge in [-0.2, -0.15) is 0 Å². The van der Waals surface area contributed by atoms with Gasteiger partial charge in [0.15, 0.2) is 0 Å². The van der Waals surface area contributed by atoms with Crippen molar-refractivity contribution in [3.8, 4) is 0 Å². The summed E-state index contributed by atoms with van der Waals surface area (Å²) in [5.74, 6) is 0.172. The van der Waals surface area contributed by atoms with Crippen LogP contribution in [0.2, 0.25) is 0 Å². The highest BCUT2D eigenvalue weighted by molar-refractivity contribution is 5.75. The van der Waals surface area contributed by atoms with E-state index in [9.17, 15) is 4.79 Å². The smallest absolute Gasteiger partial charge is 0.219 e. The standard InChI is InChI=1S/C11H22N2O2/c1-3-11(14)12-10-4-6-13(7-5-10)8-9-15-2/h10H,3-9H2,1-2H3,(H,12,14). The number of hydrogen-bond donors (Lipinski definition) is 1.